The van der Waals surface area contributed by atoms with Gasteiger partial charge in [0.1, 0.15) is 0 Å². The first-order valence-electron chi connectivity index (χ1n) is 4.23. The average Bonchev–Trinajstić information content (AvgIpc) is 2.05. The maximum atomic E-state index is 3.60. The SMILES string of the molecule is C=CNCCc1cccc(C)c1. The molecule has 0 amide bonds. The van der Waals surface area contributed by atoms with Gasteiger partial charge in [0.2, 0.25) is 0 Å². The third kappa shape index (κ3) is 2.79. The van der Waals surface area contributed by atoms with Crippen LogP contribution in [0.4, 0.5) is 0 Å². The van der Waals surface area contributed by atoms with Crippen molar-refractivity contribution in [1.82, 2.24) is 5.32 Å². The van der Waals surface area contributed by atoms with Crippen molar-refractivity contribution in [3.8, 4) is 0 Å². The van der Waals surface area contributed by atoms with Gasteiger partial charge in [-0.25, -0.2) is 0 Å². The van der Waals surface area contributed by atoms with Crippen LogP contribution in [0.3, 0.4) is 0 Å². The van der Waals surface area contributed by atoms with Crippen molar-refractivity contribution < 1.29 is 0 Å². The van der Waals surface area contributed by atoms with E-state index in [4.69, 9.17) is 0 Å². The van der Waals surface area contributed by atoms with Crippen LogP contribution in [0.2, 0.25) is 0 Å². The molecule has 0 aliphatic carbocycles. The second-order valence-electron chi connectivity index (χ2n) is 2.90. The fourth-order valence-corrected chi connectivity index (χ4v) is 1.19. The van der Waals surface area contributed by atoms with Crippen LogP contribution in [0.1, 0.15) is 11.1 Å². The molecule has 1 heteroatoms. The van der Waals surface area contributed by atoms with Crippen LogP contribution in [0, 0.1) is 6.92 Å². The second-order valence-corrected chi connectivity index (χ2v) is 2.90. The third-order valence-electron chi connectivity index (χ3n) is 1.78. The van der Waals surface area contributed by atoms with Crippen LogP contribution in [0.5, 0.6) is 0 Å². The molecule has 0 radical (unpaired) electrons. The summed E-state index contributed by atoms with van der Waals surface area (Å²) in [7, 11) is 0. The molecule has 0 aliphatic heterocycles. The monoisotopic (exact) mass is 161 g/mol. The fourth-order valence-electron chi connectivity index (χ4n) is 1.19. The number of aryl methyl sites for hydroxylation is 1. The molecule has 0 fully saturated rings. The van der Waals surface area contributed by atoms with Crippen LogP contribution in [-0.4, -0.2) is 6.54 Å². The van der Waals surface area contributed by atoms with Crippen molar-refractivity contribution in [3.63, 3.8) is 0 Å². The second kappa shape index (κ2) is 4.60. The average molecular weight is 161 g/mol. The van der Waals surface area contributed by atoms with Crippen molar-refractivity contribution in [2.24, 2.45) is 0 Å². The summed E-state index contributed by atoms with van der Waals surface area (Å²) in [5, 5.41) is 3.08. The van der Waals surface area contributed by atoms with E-state index in [9.17, 15) is 0 Å². The van der Waals surface area contributed by atoms with Crippen LogP contribution >= 0.6 is 0 Å². The van der Waals surface area contributed by atoms with Crippen molar-refractivity contribution in [2.75, 3.05) is 6.54 Å². The first-order valence-corrected chi connectivity index (χ1v) is 4.23. The molecule has 64 valence electrons. The van der Waals surface area contributed by atoms with Gasteiger partial charge in [-0.1, -0.05) is 36.4 Å². The van der Waals surface area contributed by atoms with E-state index in [2.05, 4.69) is 43.1 Å². The topological polar surface area (TPSA) is 12.0 Å². The zero-order valence-corrected chi connectivity index (χ0v) is 7.51. The van der Waals surface area contributed by atoms with Gasteiger partial charge in [0.05, 0.1) is 0 Å². The van der Waals surface area contributed by atoms with Crippen LogP contribution in [0.15, 0.2) is 37.0 Å². The van der Waals surface area contributed by atoms with E-state index in [1.54, 1.807) is 6.20 Å². The predicted octanol–water partition coefficient (Wildman–Crippen LogP) is 2.27. The molecular weight excluding hydrogens is 146 g/mol. The van der Waals surface area contributed by atoms with E-state index in [1.165, 1.54) is 11.1 Å². The molecule has 1 rings (SSSR count). The van der Waals surface area contributed by atoms with E-state index in [-0.39, 0.29) is 0 Å². The number of benzene rings is 1. The molecule has 0 aliphatic rings. The lowest BCUT2D eigenvalue weighted by Gasteiger charge is -2.01. The molecule has 0 atom stereocenters. The van der Waals surface area contributed by atoms with Gasteiger partial charge in [-0.2, -0.15) is 0 Å². The normalized spacial score (nSPS) is 9.42. The quantitative estimate of drug-likeness (QED) is 0.668. The van der Waals surface area contributed by atoms with Gasteiger partial charge in [-0.3, -0.25) is 0 Å². The van der Waals surface area contributed by atoms with E-state index in [1.807, 2.05) is 0 Å². The van der Waals surface area contributed by atoms with Gasteiger partial charge in [-0.05, 0) is 25.1 Å². The number of hydrogen-bond acceptors (Lipinski definition) is 1. The molecule has 0 heterocycles. The van der Waals surface area contributed by atoms with Crippen LogP contribution in [-0.2, 0) is 6.42 Å². The van der Waals surface area contributed by atoms with Crippen molar-refractivity contribution in [1.29, 1.82) is 0 Å². The summed E-state index contributed by atoms with van der Waals surface area (Å²) < 4.78 is 0. The van der Waals surface area contributed by atoms with E-state index < -0.39 is 0 Å². The van der Waals surface area contributed by atoms with Crippen LogP contribution in [0.25, 0.3) is 0 Å². The Bertz CT molecular complexity index is 253. The lowest BCUT2D eigenvalue weighted by molar-refractivity contribution is 0.833. The van der Waals surface area contributed by atoms with Crippen molar-refractivity contribution in [2.45, 2.75) is 13.3 Å². The third-order valence-corrected chi connectivity index (χ3v) is 1.78. The smallest absolute Gasteiger partial charge is 0.0181 e. The highest BCUT2D eigenvalue weighted by atomic mass is 14.8. The molecule has 0 aromatic heterocycles. The minimum absolute atomic E-state index is 0.965. The molecular formula is C11H15N. The summed E-state index contributed by atoms with van der Waals surface area (Å²) in [5.41, 5.74) is 2.70. The molecule has 1 aromatic rings. The summed E-state index contributed by atoms with van der Waals surface area (Å²) in [6.45, 7) is 6.68. The predicted molar refractivity (Wildman–Crippen MR) is 53.1 cm³/mol. The Morgan fingerprint density at radius 3 is 3.00 bits per heavy atom. The minimum atomic E-state index is 0.965. The molecule has 0 unspecified atom stereocenters. The fraction of sp³-hybridized carbons (Fsp3) is 0.273. The Hall–Kier alpha value is -1.24. The molecule has 0 saturated carbocycles. The van der Waals surface area contributed by atoms with E-state index in [0.29, 0.717) is 0 Å². The number of hydrogen-bond donors (Lipinski definition) is 1. The van der Waals surface area contributed by atoms with Gasteiger partial charge < -0.3 is 5.32 Å². The Morgan fingerprint density at radius 2 is 2.33 bits per heavy atom. The number of nitrogens with one attached hydrogen (secondary N) is 1. The molecule has 1 nitrogen and oxygen atoms in total. The summed E-state index contributed by atoms with van der Waals surface area (Å²) in [5.74, 6) is 0. The van der Waals surface area contributed by atoms with Gasteiger partial charge in [-0.15, -0.1) is 0 Å². The molecule has 12 heavy (non-hydrogen) atoms. The highest BCUT2D eigenvalue weighted by Crippen LogP contribution is 2.03. The Balaban J connectivity index is 2.46. The first kappa shape index (κ1) is 8.85. The summed E-state index contributed by atoms with van der Waals surface area (Å²) in [6, 6.07) is 8.57. The van der Waals surface area contributed by atoms with Gasteiger partial charge in [0.25, 0.3) is 0 Å². The van der Waals surface area contributed by atoms with Gasteiger partial charge in [0, 0.05) is 6.54 Å². The zero-order valence-electron chi connectivity index (χ0n) is 7.51. The first-order chi connectivity index (χ1) is 5.83. The van der Waals surface area contributed by atoms with Gasteiger partial charge in [0.15, 0.2) is 0 Å². The Labute approximate surface area is 74.1 Å². The highest BCUT2D eigenvalue weighted by molar-refractivity contribution is 5.22. The van der Waals surface area contributed by atoms with Crippen molar-refractivity contribution in [3.05, 3.63) is 48.2 Å². The van der Waals surface area contributed by atoms with E-state index >= 15 is 0 Å². The molecule has 0 saturated heterocycles. The minimum Gasteiger partial charge on any atom is -0.391 e. The molecule has 0 bridgehead atoms. The highest BCUT2D eigenvalue weighted by Gasteiger charge is 1.90. The zero-order chi connectivity index (χ0) is 8.81. The standard InChI is InChI=1S/C11H15N/c1-3-12-8-7-11-6-4-5-10(2)9-11/h3-6,9,12H,1,7-8H2,2H3. The lowest BCUT2D eigenvalue weighted by Crippen LogP contribution is -2.08. The maximum absolute atomic E-state index is 3.60. The van der Waals surface area contributed by atoms with Gasteiger partial charge >= 0.3 is 0 Å². The lowest BCUT2D eigenvalue weighted by atomic mass is 10.1. The van der Waals surface area contributed by atoms with Crippen molar-refractivity contribution >= 4 is 0 Å². The maximum Gasteiger partial charge on any atom is 0.0181 e. The molecule has 0 spiro atoms. The Kier molecular flexibility index (Phi) is 3.39. The Morgan fingerprint density at radius 1 is 1.50 bits per heavy atom. The summed E-state index contributed by atoms with van der Waals surface area (Å²) in [4.78, 5) is 0. The largest absolute Gasteiger partial charge is 0.391 e. The summed E-state index contributed by atoms with van der Waals surface area (Å²) >= 11 is 0. The van der Waals surface area contributed by atoms with Crippen LogP contribution < -0.4 is 5.32 Å². The molecule has 1 N–H and O–H groups in total. The number of rotatable bonds is 4. The molecule has 1 aromatic carbocycles. The van der Waals surface area contributed by atoms with E-state index in [0.717, 1.165) is 13.0 Å². The summed E-state index contributed by atoms with van der Waals surface area (Å²) in [6.07, 6.45) is 2.80.